The number of aromatic amines is 1. The number of hydrogen-bond acceptors (Lipinski definition) is 3. The summed E-state index contributed by atoms with van der Waals surface area (Å²) in [7, 11) is 0. The lowest BCUT2D eigenvalue weighted by molar-refractivity contribution is -0.0139. The van der Waals surface area contributed by atoms with Gasteiger partial charge in [0.05, 0.1) is 18.1 Å². The first kappa shape index (κ1) is 10.6. The van der Waals surface area contributed by atoms with Crippen LogP contribution in [0.15, 0.2) is 12.5 Å². The Balaban J connectivity index is 1.87. The molecule has 2 atom stereocenters. The van der Waals surface area contributed by atoms with E-state index in [0.29, 0.717) is 6.10 Å². The molecule has 1 unspecified atom stereocenters. The third kappa shape index (κ3) is 2.79. The van der Waals surface area contributed by atoms with Crippen molar-refractivity contribution in [3.05, 3.63) is 18.2 Å². The van der Waals surface area contributed by atoms with Gasteiger partial charge in [-0.05, 0) is 26.7 Å². The number of H-pyrrole nitrogens is 1. The fourth-order valence-electron chi connectivity index (χ4n) is 2.13. The molecule has 4 nitrogen and oxygen atoms in total. The normalized spacial score (nSPS) is 31.7. The van der Waals surface area contributed by atoms with Gasteiger partial charge in [-0.15, -0.1) is 0 Å². The number of imidazole rings is 1. The quantitative estimate of drug-likeness (QED) is 0.792. The molecule has 4 heteroatoms. The van der Waals surface area contributed by atoms with Crippen molar-refractivity contribution in [3.8, 4) is 0 Å². The van der Waals surface area contributed by atoms with E-state index in [0.717, 1.165) is 31.7 Å². The van der Waals surface area contributed by atoms with Crippen LogP contribution in [0, 0.1) is 0 Å². The summed E-state index contributed by atoms with van der Waals surface area (Å²) >= 11 is 0. The van der Waals surface area contributed by atoms with Gasteiger partial charge < -0.3 is 15.0 Å². The van der Waals surface area contributed by atoms with E-state index >= 15 is 0 Å². The number of hydrogen-bond donors (Lipinski definition) is 2. The van der Waals surface area contributed by atoms with Crippen molar-refractivity contribution in [2.24, 2.45) is 0 Å². The Morgan fingerprint density at radius 1 is 1.73 bits per heavy atom. The van der Waals surface area contributed by atoms with Gasteiger partial charge in [0, 0.05) is 24.9 Å². The number of ether oxygens (including phenoxy) is 1. The Morgan fingerprint density at radius 2 is 2.60 bits per heavy atom. The molecular weight excluding hydrogens is 190 g/mol. The number of nitrogens with zero attached hydrogens (tertiary/aromatic N) is 1. The van der Waals surface area contributed by atoms with Crippen LogP contribution < -0.4 is 5.32 Å². The largest absolute Gasteiger partial charge is 0.378 e. The maximum atomic E-state index is 5.55. The highest BCUT2D eigenvalue weighted by Crippen LogP contribution is 2.24. The van der Waals surface area contributed by atoms with Crippen LogP contribution in [0.4, 0.5) is 0 Å². The average Bonchev–Trinajstić information content (AvgIpc) is 2.67. The molecule has 0 aliphatic carbocycles. The zero-order valence-corrected chi connectivity index (χ0v) is 9.42. The van der Waals surface area contributed by atoms with Crippen LogP contribution in [0.5, 0.6) is 0 Å². The Hall–Kier alpha value is -0.870. The molecule has 1 saturated heterocycles. The molecule has 0 aromatic carbocycles. The summed E-state index contributed by atoms with van der Waals surface area (Å²) in [5, 5.41) is 3.57. The third-order valence-electron chi connectivity index (χ3n) is 3.05. The summed E-state index contributed by atoms with van der Waals surface area (Å²) in [5.41, 5.74) is 1.26. The highest BCUT2D eigenvalue weighted by atomic mass is 16.5. The third-order valence-corrected chi connectivity index (χ3v) is 3.05. The molecule has 1 aromatic heterocycles. The minimum Gasteiger partial charge on any atom is -0.378 e. The Bertz CT molecular complexity index is 299. The zero-order chi connectivity index (χ0) is 10.7. The molecule has 2 heterocycles. The lowest BCUT2D eigenvalue weighted by Gasteiger charge is -2.37. The molecule has 15 heavy (non-hydrogen) atoms. The monoisotopic (exact) mass is 209 g/mol. The van der Waals surface area contributed by atoms with Gasteiger partial charge in [-0.25, -0.2) is 4.98 Å². The zero-order valence-electron chi connectivity index (χ0n) is 9.42. The van der Waals surface area contributed by atoms with Crippen LogP contribution in [0.3, 0.4) is 0 Å². The van der Waals surface area contributed by atoms with Crippen molar-refractivity contribution in [3.63, 3.8) is 0 Å². The molecule has 1 aliphatic rings. The second-order valence-corrected chi connectivity index (χ2v) is 4.61. The average molecular weight is 209 g/mol. The van der Waals surface area contributed by atoms with Crippen molar-refractivity contribution >= 4 is 0 Å². The van der Waals surface area contributed by atoms with Crippen LogP contribution in [-0.2, 0) is 11.3 Å². The summed E-state index contributed by atoms with van der Waals surface area (Å²) in [6.07, 6.45) is 6.14. The smallest absolute Gasteiger partial charge is 0.0923 e. The van der Waals surface area contributed by atoms with E-state index in [1.807, 2.05) is 6.20 Å². The summed E-state index contributed by atoms with van der Waals surface area (Å²) in [6.45, 7) is 6.07. The van der Waals surface area contributed by atoms with Crippen molar-refractivity contribution in [1.29, 1.82) is 0 Å². The fourth-order valence-corrected chi connectivity index (χ4v) is 2.13. The number of rotatable bonds is 3. The minimum atomic E-state index is 0.191. The van der Waals surface area contributed by atoms with Gasteiger partial charge in [-0.3, -0.25) is 0 Å². The first-order valence-electron chi connectivity index (χ1n) is 5.52. The van der Waals surface area contributed by atoms with Gasteiger partial charge in [0.15, 0.2) is 0 Å². The fraction of sp³-hybridized carbons (Fsp3) is 0.727. The lowest BCUT2D eigenvalue weighted by atomic mass is 9.89. The van der Waals surface area contributed by atoms with Crippen LogP contribution in [-0.4, -0.2) is 28.2 Å². The summed E-state index contributed by atoms with van der Waals surface area (Å²) in [5.74, 6) is 0. The minimum absolute atomic E-state index is 0.191. The highest BCUT2D eigenvalue weighted by Gasteiger charge is 2.30. The van der Waals surface area contributed by atoms with Crippen LogP contribution in [0.1, 0.15) is 32.4 Å². The molecular formula is C11H19N3O. The second kappa shape index (κ2) is 4.33. The lowest BCUT2D eigenvalue weighted by Crippen LogP contribution is -2.48. The van der Waals surface area contributed by atoms with E-state index in [9.17, 15) is 0 Å². The van der Waals surface area contributed by atoms with E-state index in [4.69, 9.17) is 4.74 Å². The molecule has 0 amide bonds. The predicted molar refractivity (Wildman–Crippen MR) is 58.5 cm³/mol. The summed E-state index contributed by atoms with van der Waals surface area (Å²) in [4.78, 5) is 7.16. The van der Waals surface area contributed by atoms with Crippen LogP contribution in [0.2, 0.25) is 0 Å². The summed E-state index contributed by atoms with van der Waals surface area (Å²) < 4.78 is 5.55. The molecule has 0 radical (unpaired) electrons. The topological polar surface area (TPSA) is 49.9 Å². The van der Waals surface area contributed by atoms with E-state index in [2.05, 4.69) is 29.1 Å². The molecule has 84 valence electrons. The maximum Gasteiger partial charge on any atom is 0.0923 e. The van der Waals surface area contributed by atoms with Gasteiger partial charge in [-0.2, -0.15) is 0 Å². The van der Waals surface area contributed by atoms with Gasteiger partial charge >= 0.3 is 0 Å². The van der Waals surface area contributed by atoms with E-state index < -0.39 is 0 Å². The maximum absolute atomic E-state index is 5.55. The Labute approximate surface area is 90.4 Å². The molecule has 2 rings (SSSR count). The predicted octanol–water partition coefficient (Wildman–Crippen LogP) is 1.46. The van der Waals surface area contributed by atoms with E-state index in [-0.39, 0.29) is 5.54 Å². The van der Waals surface area contributed by atoms with Gasteiger partial charge in [-0.1, -0.05) is 0 Å². The highest BCUT2D eigenvalue weighted by molar-refractivity contribution is 4.97. The van der Waals surface area contributed by atoms with Gasteiger partial charge in [0.1, 0.15) is 0 Å². The molecule has 0 saturated carbocycles. The molecule has 1 aliphatic heterocycles. The molecule has 1 aromatic rings. The van der Waals surface area contributed by atoms with Crippen LogP contribution in [0.25, 0.3) is 0 Å². The SMILES string of the molecule is CC1C[C@@](C)(NCc2c[nH]cn2)CCO1. The standard InChI is InChI=1S/C11H19N3O/c1-9-5-11(2,3-4-15-9)14-7-10-6-12-8-13-10/h6,8-9,14H,3-5,7H2,1-2H3,(H,12,13)/t9?,11-/m0/s1. The van der Waals surface area contributed by atoms with Gasteiger partial charge in [0.2, 0.25) is 0 Å². The Kier molecular flexibility index (Phi) is 3.07. The van der Waals surface area contributed by atoms with Crippen molar-refractivity contribution in [2.75, 3.05) is 6.61 Å². The van der Waals surface area contributed by atoms with Crippen molar-refractivity contribution < 1.29 is 4.74 Å². The number of nitrogens with one attached hydrogen (secondary N) is 2. The number of aromatic nitrogens is 2. The molecule has 1 fully saturated rings. The first-order valence-corrected chi connectivity index (χ1v) is 5.52. The molecule has 0 bridgehead atoms. The summed E-state index contributed by atoms with van der Waals surface area (Å²) in [6, 6.07) is 0. The van der Waals surface area contributed by atoms with Crippen molar-refractivity contribution in [1.82, 2.24) is 15.3 Å². The first-order chi connectivity index (χ1) is 7.18. The van der Waals surface area contributed by atoms with Gasteiger partial charge in [0.25, 0.3) is 0 Å². The van der Waals surface area contributed by atoms with E-state index in [1.165, 1.54) is 0 Å². The Morgan fingerprint density at radius 3 is 3.27 bits per heavy atom. The molecule has 2 N–H and O–H groups in total. The van der Waals surface area contributed by atoms with E-state index in [1.54, 1.807) is 6.33 Å². The molecule has 0 spiro atoms. The van der Waals surface area contributed by atoms with Crippen LogP contribution >= 0.6 is 0 Å². The second-order valence-electron chi connectivity index (χ2n) is 4.61. The van der Waals surface area contributed by atoms with Crippen molar-refractivity contribution in [2.45, 2.75) is 44.9 Å².